The Balaban J connectivity index is -0.00000641. The van der Waals surface area contributed by atoms with Crippen molar-refractivity contribution in [1.29, 1.82) is 0 Å². The summed E-state index contributed by atoms with van der Waals surface area (Å²) in [4.78, 5) is 37.7. The third-order valence-corrected chi connectivity index (χ3v) is 11.5. The van der Waals surface area contributed by atoms with Crippen LogP contribution in [0.2, 0.25) is 0 Å². The first kappa shape index (κ1) is 73.6. The summed E-state index contributed by atoms with van der Waals surface area (Å²) in [5, 5.41) is 0. The van der Waals surface area contributed by atoms with Crippen molar-refractivity contribution in [2.24, 2.45) is 0 Å². The van der Waals surface area contributed by atoms with Crippen molar-refractivity contribution in [3.8, 4) is 0 Å². The van der Waals surface area contributed by atoms with E-state index in [9.17, 15) is 53.3 Å². The van der Waals surface area contributed by atoms with Crippen molar-refractivity contribution in [2.45, 2.75) is 218 Å². The zero-order chi connectivity index (χ0) is 46.9. The Morgan fingerprint density at radius 1 is 0.318 bits per heavy atom. The van der Waals surface area contributed by atoms with E-state index in [1.807, 2.05) is 0 Å². The smallest absolute Gasteiger partial charge is 0.726 e. The summed E-state index contributed by atoms with van der Waals surface area (Å²) >= 11 is 0. The molecule has 0 spiro atoms. The van der Waals surface area contributed by atoms with Crippen molar-refractivity contribution >= 4 is 49.1 Å². The molecule has 0 N–H and O–H groups in total. The molecule has 0 aromatic heterocycles. The molecule has 0 radical (unpaired) electrons. The number of hydrogen-bond acceptors (Lipinski definition) is 18. The van der Waals surface area contributed by atoms with Crippen LogP contribution >= 0.6 is 0 Å². The largest absolute Gasteiger partial charge is 1.00 e. The summed E-state index contributed by atoms with van der Waals surface area (Å²) in [5.41, 5.74) is 0. The first-order chi connectivity index (χ1) is 30.0. The summed E-state index contributed by atoms with van der Waals surface area (Å²) in [6.45, 7) is -0.667. The zero-order valence-electron chi connectivity index (χ0n) is 40.5. The summed E-state index contributed by atoms with van der Waals surface area (Å²) in [6.07, 6.45) is 26.3. The minimum absolute atomic E-state index is 0. The van der Waals surface area contributed by atoms with Crippen LogP contribution < -0.4 is 88.7 Å². The van der Waals surface area contributed by atoms with Crippen LogP contribution in [0, 0.1) is 0 Å². The predicted molar refractivity (Wildman–Crippen MR) is 231 cm³/mol. The molecule has 0 aromatic carbocycles. The third-order valence-electron chi connectivity index (χ3n) is 10.2. The number of rotatable bonds is 47. The van der Waals surface area contributed by atoms with Crippen molar-refractivity contribution < 1.29 is 169 Å². The molecule has 0 aliphatic rings. The third kappa shape index (κ3) is 61.1. The number of esters is 3. The van der Waals surface area contributed by atoms with Crippen LogP contribution in [0.4, 0.5) is 0 Å². The first-order valence-corrected chi connectivity index (χ1v) is 27.3. The molecule has 0 bridgehead atoms. The molecule has 0 unspecified atom stereocenters. The van der Waals surface area contributed by atoms with Gasteiger partial charge in [-0.2, -0.15) is 0 Å². The van der Waals surface area contributed by atoms with Gasteiger partial charge in [-0.1, -0.05) is 154 Å². The molecule has 0 aliphatic carbocycles. The van der Waals surface area contributed by atoms with E-state index < -0.39 is 55.2 Å². The normalized spacial score (nSPS) is 11.6. The molecule has 0 rings (SSSR count). The van der Waals surface area contributed by atoms with E-state index in [4.69, 9.17) is 14.2 Å². The van der Waals surface area contributed by atoms with Gasteiger partial charge in [0.25, 0.3) is 0 Å². The molecular formula is C42H77Na3O18S3. The van der Waals surface area contributed by atoms with Crippen LogP contribution in [0.25, 0.3) is 0 Å². The van der Waals surface area contributed by atoms with E-state index in [0.29, 0.717) is 38.5 Å². The van der Waals surface area contributed by atoms with Crippen LogP contribution in [0.15, 0.2) is 0 Å². The van der Waals surface area contributed by atoms with E-state index >= 15 is 0 Å². The summed E-state index contributed by atoms with van der Waals surface area (Å²) in [6, 6.07) is 0. The second-order valence-corrected chi connectivity index (χ2v) is 19.2. The van der Waals surface area contributed by atoms with Crippen LogP contribution in [0.5, 0.6) is 0 Å². The number of carbonyl (C=O) groups is 3. The van der Waals surface area contributed by atoms with Gasteiger partial charge in [0.15, 0.2) is 6.10 Å². The van der Waals surface area contributed by atoms with Gasteiger partial charge in [0.1, 0.15) is 13.2 Å². The maximum atomic E-state index is 12.7. The van der Waals surface area contributed by atoms with Gasteiger partial charge >= 0.3 is 107 Å². The van der Waals surface area contributed by atoms with Gasteiger partial charge in [-0.15, -0.1) is 0 Å². The SMILES string of the molecule is O=C(CCCCCCCCCCCCOS(=O)(=O)[O-])OCC(COC(=O)CCCCCCCCCCCCOS(=O)(=O)[O-])OC(=O)CCCCCCCCCCCCOS(=O)(=O)[O-].[Na+].[Na+].[Na+]. The molecule has 0 aromatic rings. The second kappa shape index (κ2) is 49.6. The Labute approximate surface area is 464 Å². The molecule has 0 saturated heterocycles. The Bertz CT molecular complexity index is 1420. The maximum absolute atomic E-state index is 12.7. The number of ether oxygens (including phenoxy) is 3. The molecule has 66 heavy (non-hydrogen) atoms. The van der Waals surface area contributed by atoms with Crippen LogP contribution in [-0.4, -0.2) is 96.0 Å². The molecule has 0 aliphatic heterocycles. The second-order valence-electron chi connectivity index (χ2n) is 16.0. The van der Waals surface area contributed by atoms with Gasteiger partial charge in [-0.3, -0.25) is 26.9 Å². The summed E-state index contributed by atoms with van der Waals surface area (Å²) in [5.74, 6) is -1.28. The molecular weight excluding hydrogens is 958 g/mol. The fourth-order valence-corrected chi connectivity index (χ4v) is 7.68. The van der Waals surface area contributed by atoms with Gasteiger partial charge in [-0.05, 0) is 38.5 Å². The number of hydrogen-bond donors (Lipinski definition) is 0. The van der Waals surface area contributed by atoms with Crippen LogP contribution in [0.1, 0.15) is 212 Å². The quantitative estimate of drug-likeness (QED) is 0.0182. The molecule has 24 heteroatoms. The van der Waals surface area contributed by atoms with Gasteiger partial charge in [0.05, 0.1) is 19.8 Å². The van der Waals surface area contributed by atoms with Crippen molar-refractivity contribution in [2.75, 3.05) is 33.0 Å². The average Bonchev–Trinajstić information content (AvgIpc) is 3.19. The van der Waals surface area contributed by atoms with E-state index in [2.05, 4.69) is 12.5 Å². The molecule has 18 nitrogen and oxygen atoms in total. The van der Waals surface area contributed by atoms with E-state index in [-0.39, 0.29) is 141 Å². The standard InChI is InChI=1S/C42H80O18S3.3Na/c43-40(31-25-19-13-7-1-4-10-16-22-28-34-57-61(46,47)48)55-37-39(60-42(45)33-27-21-15-9-3-6-12-18-24-30-36-59-63(52,53)54)38-56-41(44)32-26-20-14-8-2-5-11-17-23-29-35-58-62(49,50)51;;;/h39H,1-38H2,(H,46,47,48)(H,49,50,51)(H,52,53,54);;;/q;3*+1/p-3. The topological polar surface area (TPSA) is 278 Å². The monoisotopic (exact) mass is 1030 g/mol. The van der Waals surface area contributed by atoms with Crippen molar-refractivity contribution in [1.82, 2.24) is 0 Å². The average molecular weight is 1040 g/mol. The molecule has 0 fully saturated rings. The summed E-state index contributed by atoms with van der Waals surface area (Å²) < 4.78 is 123. The van der Waals surface area contributed by atoms with Crippen molar-refractivity contribution in [3.63, 3.8) is 0 Å². The fraction of sp³-hybridized carbons (Fsp3) is 0.929. The number of carbonyl (C=O) groups excluding carboxylic acids is 3. The van der Waals surface area contributed by atoms with Gasteiger partial charge in [-0.25, -0.2) is 25.3 Å². The van der Waals surface area contributed by atoms with Crippen LogP contribution in [0.3, 0.4) is 0 Å². The molecule has 0 amide bonds. The Morgan fingerprint density at radius 2 is 0.515 bits per heavy atom. The van der Waals surface area contributed by atoms with Gasteiger partial charge in [0, 0.05) is 19.3 Å². The molecule has 0 saturated carbocycles. The van der Waals surface area contributed by atoms with Gasteiger partial charge < -0.3 is 27.9 Å². The first-order valence-electron chi connectivity index (χ1n) is 23.3. The molecule has 0 heterocycles. The molecule has 0 atom stereocenters. The van der Waals surface area contributed by atoms with Gasteiger partial charge in [0.2, 0.25) is 31.2 Å². The minimum Gasteiger partial charge on any atom is -0.726 e. The zero-order valence-corrected chi connectivity index (χ0v) is 49.0. The van der Waals surface area contributed by atoms with E-state index in [0.717, 1.165) is 154 Å². The summed E-state index contributed by atoms with van der Waals surface area (Å²) in [7, 11) is -13.9. The fourth-order valence-electron chi connectivity index (χ4n) is 6.72. The Hall–Kier alpha value is 1.02. The van der Waals surface area contributed by atoms with E-state index in [1.54, 1.807) is 0 Å². The van der Waals surface area contributed by atoms with E-state index in [1.165, 1.54) is 0 Å². The Morgan fingerprint density at radius 3 is 0.742 bits per heavy atom. The molecule has 374 valence electrons. The Kier molecular flexibility index (Phi) is 55.3. The minimum atomic E-state index is -4.63. The number of unbranched alkanes of at least 4 members (excludes halogenated alkanes) is 27. The van der Waals surface area contributed by atoms with Crippen LogP contribution in [-0.2, 0) is 72.3 Å². The maximum Gasteiger partial charge on any atom is 1.00 e. The van der Waals surface area contributed by atoms with Crippen molar-refractivity contribution in [3.05, 3.63) is 0 Å². The predicted octanol–water partition coefficient (Wildman–Crippen LogP) is -0.700.